The molecule has 4 nitrogen and oxygen atoms in total. The molecule has 0 bridgehead atoms. The van der Waals surface area contributed by atoms with Crippen LogP contribution in [-0.2, 0) is 4.79 Å². The fraction of sp³-hybridized carbons (Fsp3) is 0.429. The van der Waals surface area contributed by atoms with E-state index in [0.717, 1.165) is 5.56 Å². The highest BCUT2D eigenvalue weighted by Gasteiger charge is 2.31. The van der Waals surface area contributed by atoms with E-state index in [1.54, 1.807) is 32.0 Å². The van der Waals surface area contributed by atoms with Crippen molar-refractivity contribution in [1.82, 2.24) is 5.32 Å². The van der Waals surface area contributed by atoms with Crippen LogP contribution in [-0.4, -0.2) is 23.5 Å². The zero-order valence-electron chi connectivity index (χ0n) is 11.3. The van der Waals surface area contributed by atoms with E-state index >= 15 is 0 Å². The van der Waals surface area contributed by atoms with Gasteiger partial charge in [-0.15, -0.1) is 0 Å². The second-order valence-electron chi connectivity index (χ2n) is 4.92. The molecule has 0 aromatic heterocycles. The molecule has 104 valence electrons. The lowest BCUT2D eigenvalue weighted by atomic mass is 9.87. The number of carbonyl (C=O) groups excluding carboxylic acids is 1. The third-order valence-electron chi connectivity index (χ3n) is 3.24. The van der Waals surface area contributed by atoms with Crippen molar-refractivity contribution in [3.63, 3.8) is 0 Å². The minimum Gasteiger partial charge on any atom is -0.481 e. The van der Waals surface area contributed by atoms with Crippen molar-refractivity contribution in [3.8, 4) is 0 Å². The van der Waals surface area contributed by atoms with E-state index < -0.39 is 11.4 Å². The Morgan fingerprint density at radius 3 is 2.47 bits per heavy atom. The Morgan fingerprint density at radius 1 is 1.37 bits per heavy atom. The smallest absolute Gasteiger partial charge is 0.311 e. The molecule has 0 fully saturated rings. The van der Waals surface area contributed by atoms with Crippen LogP contribution in [0.1, 0.15) is 36.2 Å². The molecule has 0 aliphatic rings. The number of amides is 1. The molecule has 1 atom stereocenters. The van der Waals surface area contributed by atoms with Gasteiger partial charge in [-0.3, -0.25) is 9.59 Å². The highest BCUT2D eigenvalue weighted by atomic mass is 35.5. The van der Waals surface area contributed by atoms with Crippen LogP contribution in [0.5, 0.6) is 0 Å². The average Bonchev–Trinajstić information content (AvgIpc) is 2.34. The largest absolute Gasteiger partial charge is 0.481 e. The Balaban J connectivity index is 2.78. The van der Waals surface area contributed by atoms with E-state index in [4.69, 9.17) is 16.7 Å². The molecule has 1 aromatic carbocycles. The summed E-state index contributed by atoms with van der Waals surface area (Å²) in [6.07, 6.45) is 0.442. The normalized spacial score (nSPS) is 13.7. The van der Waals surface area contributed by atoms with Crippen molar-refractivity contribution in [2.45, 2.75) is 27.2 Å². The Kier molecular flexibility index (Phi) is 4.95. The van der Waals surface area contributed by atoms with Gasteiger partial charge in [0.2, 0.25) is 0 Å². The van der Waals surface area contributed by atoms with Gasteiger partial charge in [-0.25, -0.2) is 0 Å². The lowest BCUT2D eigenvalue weighted by Crippen LogP contribution is -2.40. The molecule has 0 aliphatic heterocycles. The van der Waals surface area contributed by atoms with Gasteiger partial charge in [-0.2, -0.15) is 0 Å². The molecule has 1 unspecified atom stereocenters. The second kappa shape index (κ2) is 6.06. The van der Waals surface area contributed by atoms with E-state index in [0.29, 0.717) is 17.0 Å². The van der Waals surface area contributed by atoms with E-state index in [2.05, 4.69) is 5.32 Å². The van der Waals surface area contributed by atoms with Gasteiger partial charge in [0.05, 0.1) is 5.41 Å². The fourth-order valence-electron chi connectivity index (χ4n) is 1.60. The summed E-state index contributed by atoms with van der Waals surface area (Å²) >= 11 is 5.89. The zero-order valence-corrected chi connectivity index (χ0v) is 12.0. The number of carboxylic acids is 1. The van der Waals surface area contributed by atoms with Crippen molar-refractivity contribution in [2.24, 2.45) is 5.41 Å². The van der Waals surface area contributed by atoms with Gasteiger partial charge < -0.3 is 10.4 Å². The molecule has 5 heteroatoms. The van der Waals surface area contributed by atoms with Crippen LogP contribution in [0.4, 0.5) is 0 Å². The third kappa shape index (κ3) is 3.96. The molecule has 2 N–H and O–H groups in total. The fourth-order valence-corrected chi connectivity index (χ4v) is 1.89. The molecule has 0 spiro atoms. The van der Waals surface area contributed by atoms with E-state index in [-0.39, 0.29) is 12.5 Å². The minimum atomic E-state index is -0.955. The van der Waals surface area contributed by atoms with Crippen molar-refractivity contribution < 1.29 is 14.7 Å². The summed E-state index contributed by atoms with van der Waals surface area (Å²) in [5.74, 6) is -1.23. The number of carbonyl (C=O) groups is 2. The molecule has 1 amide bonds. The first-order valence-corrected chi connectivity index (χ1v) is 6.45. The lowest BCUT2D eigenvalue weighted by molar-refractivity contribution is -0.147. The number of nitrogens with one attached hydrogen (secondary N) is 1. The van der Waals surface area contributed by atoms with Gasteiger partial charge in [-0.1, -0.05) is 18.5 Å². The van der Waals surface area contributed by atoms with Gasteiger partial charge in [0.25, 0.3) is 5.91 Å². The number of aliphatic carboxylic acids is 1. The van der Waals surface area contributed by atoms with Gasteiger partial charge in [0.1, 0.15) is 0 Å². The topological polar surface area (TPSA) is 66.4 Å². The van der Waals surface area contributed by atoms with Crippen LogP contribution < -0.4 is 5.32 Å². The summed E-state index contributed by atoms with van der Waals surface area (Å²) in [7, 11) is 0. The van der Waals surface area contributed by atoms with Crippen molar-refractivity contribution in [3.05, 3.63) is 34.3 Å². The standard InChI is InChI=1S/C14H18ClNO3/c1-4-14(3,13(18)19)8-16-12(17)10-5-9(2)6-11(15)7-10/h5-7H,4,8H2,1-3H3,(H,16,17)(H,18,19). The number of halogens is 1. The maximum absolute atomic E-state index is 12.0. The van der Waals surface area contributed by atoms with E-state index in [1.165, 1.54) is 0 Å². The quantitative estimate of drug-likeness (QED) is 0.873. The Labute approximate surface area is 117 Å². The molecule has 1 rings (SSSR count). The first kappa shape index (κ1) is 15.5. The monoisotopic (exact) mass is 283 g/mol. The molecule has 0 aliphatic carbocycles. The van der Waals surface area contributed by atoms with Crippen LogP contribution in [0.25, 0.3) is 0 Å². The molecule has 19 heavy (non-hydrogen) atoms. The summed E-state index contributed by atoms with van der Waals surface area (Å²) in [5, 5.41) is 12.3. The number of aryl methyl sites for hydroxylation is 1. The summed E-state index contributed by atoms with van der Waals surface area (Å²) in [4.78, 5) is 23.1. The van der Waals surface area contributed by atoms with Gasteiger partial charge in [-0.05, 0) is 44.0 Å². The molecule has 0 radical (unpaired) electrons. The average molecular weight is 284 g/mol. The minimum absolute atomic E-state index is 0.0865. The summed E-state index contributed by atoms with van der Waals surface area (Å²) in [6.45, 7) is 5.32. The predicted molar refractivity (Wildman–Crippen MR) is 74.6 cm³/mol. The second-order valence-corrected chi connectivity index (χ2v) is 5.36. The zero-order chi connectivity index (χ0) is 14.6. The number of hydrogen-bond acceptors (Lipinski definition) is 2. The molecule has 0 heterocycles. The number of carboxylic acid groups (broad SMARTS) is 1. The molecule has 1 aromatic rings. The van der Waals surface area contributed by atoms with E-state index in [9.17, 15) is 9.59 Å². The maximum atomic E-state index is 12.0. The Morgan fingerprint density at radius 2 is 2.00 bits per heavy atom. The lowest BCUT2D eigenvalue weighted by Gasteiger charge is -2.23. The van der Waals surface area contributed by atoms with Crippen LogP contribution in [0.3, 0.4) is 0 Å². The number of rotatable bonds is 5. The molecule has 0 saturated carbocycles. The first-order valence-electron chi connectivity index (χ1n) is 6.07. The first-order chi connectivity index (χ1) is 8.78. The summed E-state index contributed by atoms with van der Waals surface area (Å²) in [6, 6.07) is 5.03. The number of hydrogen-bond donors (Lipinski definition) is 2. The van der Waals surface area contributed by atoms with E-state index in [1.807, 2.05) is 6.92 Å². The van der Waals surface area contributed by atoms with Crippen LogP contribution in [0.2, 0.25) is 5.02 Å². The molecular weight excluding hydrogens is 266 g/mol. The highest BCUT2D eigenvalue weighted by Crippen LogP contribution is 2.20. The Hall–Kier alpha value is -1.55. The summed E-state index contributed by atoms with van der Waals surface area (Å²) in [5.41, 5.74) is 0.367. The Bertz CT molecular complexity index is 481. The third-order valence-corrected chi connectivity index (χ3v) is 3.46. The van der Waals surface area contributed by atoms with Gasteiger partial charge in [0.15, 0.2) is 0 Å². The highest BCUT2D eigenvalue weighted by molar-refractivity contribution is 6.31. The van der Waals surface area contributed by atoms with Gasteiger partial charge >= 0.3 is 5.97 Å². The number of benzene rings is 1. The molecule has 0 saturated heterocycles. The van der Waals surface area contributed by atoms with Crippen LogP contribution >= 0.6 is 11.6 Å². The molecular formula is C14H18ClNO3. The SMILES string of the molecule is CCC(C)(CNC(=O)c1cc(C)cc(Cl)c1)C(=O)O. The summed E-state index contributed by atoms with van der Waals surface area (Å²) < 4.78 is 0. The maximum Gasteiger partial charge on any atom is 0.311 e. The van der Waals surface area contributed by atoms with Crippen molar-refractivity contribution in [1.29, 1.82) is 0 Å². The van der Waals surface area contributed by atoms with Crippen LogP contribution in [0.15, 0.2) is 18.2 Å². The van der Waals surface area contributed by atoms with Crippen LogP contribution in [0, 0.1) is 12.3 Å². The van der Waals surface area contributed by atoms with Crippen molar-refractivity contribution in [2.75, 3.05) is 6.54 Å². The van der Waals surface area contributed by atoms with Gasteiger partial charge in [0, 0.05) is 17.1 Å². The van der Waals surface area contributed by atoms with Crippen molar-refractivity contribution >= 4 is 23.5 Å². The predicted octanol–water partition coefficient (Wildman–Crippen LogP) is 2.88.